The molecule has 0 bridgehead atoms. The minimum absolute atomic E-state index is 0.0456. The number of carbonyl (C=O) groups excluding carboxylic acids is 1. The fourth-order valence-corrected chi connectivity index (χ4v) is 4.73. The first kappa shape index (κ1) is 14.6. The molecule has 1 atom stereocenters. The Morgan fingerprint density at radius 3 is 2.56 bits per heavy atom. The van der Waals surface area contributed by atoms with Crippen LogP contribution in [0.25, 0.3) is 22.2 Å². The molecule has 2 N–H and O–H groups in total. The van der Waals surface area contributed by atoms with E-state index in [1.165, 1.54) is 0 Å². The van der Waals surface area contributed by atoms with E-state index < -0.39 is 5.54 Å². The van der Waals surface area contributed by atoms with Gasteiger partial charge in [0, 0.05) is 46.0 Å². The number of benzene rings is 3. The molecule has 4 nitrogen and oxygen atoms in total. The third kappa shape index (κ3) is 1.61. The number of aromatic amines is 1. The molecule has 0 fully saturated rings. The van der Waals surface area contributed by atoms with Gasteiger partial charge in [-0.1, -0.05) is 54.6 Å². The Hall–Kier alpha value is -3.53. The zero-order valence-corrected chi connectivity index (χ0v) is 14.8. The van der Waals surface area contributed by atoms with Gasteiger partial charge in [-0.15, -0.1) is 0 Å². The van der Waals surface area contributed by atoms with Crippen LogP contribution in [0.5, 0.6) is 0 Å². The second-order valence-corrected chi connectivity index (χ2v) is 7.22. The van der Waals surface area contributed by atoms with Crippen LogP contribution < -0.4 is 10.2 Å². The first-order valence-electron chi connectivity index (χ1n) is 9.08. The molecule has 0 saturated heterocycles. The molecule has 2 aliphatic rings. The second-order valence-electron chi connectivity index (χ2n) is 7.22. The summed E-state index contributed by atoms with van der Waals surface area (Å²) in [7, 11) is 1.85. The molecule has 130 valence electrons. The molecule has 0 unspecified atom stereocenters. The molecule has 6 rings (SSSR count). The van der Waals surface area contributed by atoms with Crippen LogP contribution in [0.15, 0.2) is 72.8 Å². The van der Waals surface area contributed by atoms with E-state index in [2.05, 4.69) is 34.6 Å². The van der Waals surface area contributed by atoms with Gasteiger partial charge in [0.05, 0.1) is 5.69 Å². The monoisotopic (exact) mass is 351 g/mol. The summed E-state index contributed by atoms with van der Waals surface area (Å²) in [6, 6.07) is 24.4. The highest BCUT2D eigenvalue weighted by atomic mass is 16.2. The number of carbonyl (C=O) groups is 1. The molecule has 0 saturated carbocycles. The standard InChI is InChI=1S/C23H17N3O/c1-26-19-13-7-4-10-16(19)23(22(26)27)20-14-8-2-5-11-17(14)24-21(20)15-9-3-6-12-18(15)25-23/h2-13,24-25H,1H3/t23-/m0/s1. The van der Waals surface area contributed by atoms with E-state index in [9.17, 15) is 4.79 Å². The zero-order chi connectivity index (χ0) is 18.2. The van der Waals surface area contributed by atoms with Crippen LogP contribution in [0, 0.1) is 0 Å². The maximum absolute atomic E-state index is 13.7. The van der Waals surface area contributed by atoms with Crippen LogP contribution in [0.4, 0.5) is 11.4 Å². The lowest BCUT2D eigenvalue weighted by molar-refractivity contribution is -0.120. The van der Waals surface area contributed by atoms with Crippen LogP contribution in [0.2, 0.25) is 0 Å². The van der Waals surface area contributed by atoms with Crippen LogP contribution >= 0.6 is 0 Å². The minimum Gasteiger partial charge on any atom is -0.363 e. The maximum atomic E-state index is 13.7. The van der Waals surface area contributed by atoms with Gasteiger partial charge in [0.2, 0.25) is 0 Å². The van der Waals surface area contributed by atoms with Crippen molar-refractivity contribution in [3.05, 3.63) is 83.9 Å². The number of nitrogens with one attached hydrogen (secondary N) is 2. The van der Waals surface area contributed by atoms with Crippen molar-refractivity contribution < 1.29 is 4.79 Å². The van der Waals surface area contributed by atoms with E-state index in [4.69, 9.17) is 0 Å². The Balaban J connectivity index is 1.81. The third-order valence-corrected chi connectivity index (χ3v) is 5.89. The predicted octanol–water partition coefficient (Wildman–Crippen LogP) is 4.48. The lowest BCUT2D eigenvalue weighted by Crippen LogP contribution is -2.47. The van der Waals surface area contributed by atoms with Crippen LogP contribution in [-0.4, -0.2) is 17.9 Å². The number of nitrogens with zero attached hydrogens (tertiary/aromatic N) is 1. The summed E-state index contributed by atoms with van der Waals surface area (Å²) in [5.74, 6) is 0.0456. The van der Waals surface area contributed by atoms with Gasteiger partial charge in [0.1, 0.15) is 0 Å². The molecule has 0 radical (unpaired) electrons. The molecule has 1 amide bonds. The van der Waals surface area contributed by atoms with E-state index in [1.54, 1.807) is 4.90 Å². The summed E-state index contributed by atoms with van der Waals surface area (Å²) in [5.41, 5.74) is 6.16. The SMILES string of the molecule is CN1C(=O)[C@]2(Nc3ccccc3-c3[nH]c4ccccc4c32)c2ccccc21. The lowest BCUT2D eigenvalue weighted by Gasteiger charge is -2.36. The van der Waals surface area contributed by atoms with Crippen molar-refractivity contribution in [2.45, 2.75) is 5.54 Å². The van der Waals surface area contributed by atoms with Gasteiger partial charge in [0.15, 0.2) is 5.54 Å². The van der Waals surface area contributed by atoms with E-state index >= 15 is 0 Å². The van der Waals surface area contributed by atoms with E-state index in [0.717, 1.165) is 44.7 Å². The molecule has 1 aromatic heterocycles. The number of amides is 1. The number of rotatable bonds is 0. The molecule has 4 heteroatoms. The molecular weight excluding hydrogens is 334 g/mol. The normalized spacial score (nSPS) is 19.7. The molecular formula is C23H17N3O. The third-order valence-electron chi connectivity index (χ3n) is 5.89. The Labute approximate surface area is 156 Å². The van der Waals surface area contributed by atoms with Crippen molar-refractivity contribution in [2.75, 3.05) is 17.3 Å². The number of likely N-dealkylation sites (N-methyl/N-ethyl adjacent to an activating group) is 1. The highest BCUT2D eigenvalue weighted by Crippen LogP contribution is 2.54. The quantitative estimate of drug-likeness (QED) is 0.491. The van der Waals surface area contributed by atoms with Gasteiger partial charge in [0.25, 0.3) is 5.91 Å². The molecule has 2 aliphatic heterocycles. The average molecular weight is 351 g/mol. The maximum Gasteiger partial charge on any atom is 0.261 e. The molecule has 27 heavy (non-hydrogen) atoms. The van der Waals surface area contributed by atoms with Gasteiger partial charge in [-0.05, 0) is 18.2 Å². The first-order chi connectivity index (χ1) is 13.2. The molecule has 0 aliphatic carbocycles. The van der Waals surface area contributed by atoms with Crippen molar-refractivity contribution >= 4 is 28.2 Å². The average Bonchev–Trinajstić information content (AvgIpc) is 3.20. The number of para-hydroxylation sites is 3. The molecule has 3 aromatic carbocycles. The van der Waals surface area contributed by atoms with Gasteiger partial charge in [-0.3, -0.25) is 4.79 Å². The number of anilines is 2. The molecule has 1 spiro atoms. The predicted molar refractivity (Wildman–Crippen MR) is 108 cm³/mol. The van der Waals surface area contributed by atoms with E-state index in [-0.39, 0.29) is 5.91 Å². The summed E-state index contributed by atoms with van der Waals surface area (Å²) >= 11 is 0. The number of hydrogen-bond acceptors (Lipinski definition) is 2. The topological polar surface area (TPSA) is 48.1 Å². The lowest BCUT2D eigenvalue weighted by atomic mass is 9.78. The fourth-order valence-electron chi connectivity index (χ4n) is 4.73. The molecule has 4 aromatic rings. The number of aromatic nitrogens is 1. The Morgan fingerprint density at radius 2 is 1.63 bits per heavy atom. The fraction of sp³-hybridized carbons (Fsp3) is 0.0870. The highest BCUT2D eigenvalue weighted by Gasteiger charge is 2.55. The summed E-state index contributed by atoms with van der Waals surface area (Å²) < 4.78 is 0. The Bertz CT molecular complexity index is 1260. The summed E-state index contributed by atoms with van der Waals surface area (Å²) in [6.45, 7) is 0. The molecule has 3 heterocycles. The second kappa shape index (κ2) is 4.80. The zero-order valence-electron chi connectivity index (χ0n) is 14.8. The van der Waals surface area contributed by atoms with Gasteiger partial charge in [-0.25, -0.2) is 0 Å². The van der Waals surface area contributed by atoms with E-state index in [0.29, 0.717) is 0 Å². The van der Waals surface area contributed by atoms with Crippen LogP contribution in [0.3, 0.4) is 0 Å². The van der Waals surface area contributed by atoms with Crippen LogP contribution in [0.1, 0.15) is 11.1 Å². The Kier molecular flexibility index (Phi) is 2.60. The van der Waals surface area contributed by atoms with Crippen molar-refractivity contribution in [3.63, 3.8) is 0 Å². The first-order valence-corrected chi connectivity index (χ1v) is 9.08. The summed E-state index contributed by atoms with van der Waals surface area (Å²) in [4.78, 5) is 19.0. The Morgan fingerprint density at radius 1 is 0.889 bits per heavy atom. The van der Waals surface area contributed by atoms with Gasteiger partial charge < -0.3 is 15.2 Å². The van der Waals surface area contributed by atoms with Gasteiger partial charge >= 0.3 is 0 Å². The summed E-state index contributed by atoms with van der Waals surface area (Å²) in [5, 5.41) is 4.71. The largest absolute Gasteiger partial charge is 0.363 e. The van der Waals surface area contributed by atoms with E-state index in [1.807, 2.05) is 55.6 Å². The number of fused-ring (bicyclic) bond motifs is 8. The number of hydrogen-bond donors (Lipinski definition) is 2. The van der Waals surface area contributed by atoms with Gasteiger partial charge in [-0.2, -0.15) is 0 Å². The van der Waals surface area contributed by atoms with Crippen molar-refractivity contribution in [1.82, 2.24) is 4.98 Å². The minimum atomic E-state index is -0.922. The summed E-state index contributed by atoms with van der Waals surface area (Å²) in [6.07, 6.45) is 0. The number of H-pyrrole nitrogens is 1. The smallest absolute Gasteiger partial charge is 0.261 e. The van der Waals surface area contributed by atoms with Crippen LogP contribution in [-0.2, 0) is 10.3 Å². The highest BCUT2D eigenvalue weighted by molar-refractivity contribution is 6.17. The van der Waals surface area contributed by atoms with Crippen molar-refractivity contribution in [1.29, 1.82) is 0 Å². The van der Waals surface area contributed by atoms with Crippen molar-refractivity contribution in [2.24, 2.45) is 0 Å². The van der Waals surface area contributed by atoms with Crippen molar-refractivity contribution in [3.8, 4) is 11.3 Å².